The molecule has 22 heavy (non-hydrogen) atoms. The number of rotatable bonds is 5. The van der Waals surface area contributed by atoms with Crippen LogP contribution in [0.1, 0.15) is 5.56 Å². The average Bonchev–Trinajstić information content (AvgIpc) is 2.55. The Kier molecular flexibility index (Phi) is 4.93. The zero-order chi connectivity index (χ0) is 15.9. The number of para-hydroxylation sites is 1. The monoisotopic (exact) mass is 298 g/mol. The number of carbonyl (C=O) groups excluding carboxylic acids is 2. The number of carbonyl (C=O) groups is 2. The second-order valence-corrected chi connectivity index (χ2v) is 4.32. The summed E-state index contributed by atoms with van der Waals surface area (Å²) in [7, 11) is 1.10. The SMILES string of the molecule is COC(=O)C(=O)C=C(O)c1ccc(Oc2ccccc2)cc1. The van der Waals surface area contributed by atoms with Gasteiger partial charge in [-0.25, -0.2) is 4.79 Å². The van der Waals surface area contributed by atoms with E-state index >= 15 is 0 Å². The lowest BCUT2D eigenvalue weighted by atomic mass is 10.1. The van der Waals surface area contributed by atoms with Gasteiger partial charge in [0.25, 0.3) is 5.78 Å². The second-order valence-electron chi connectivity index (χ2n) is 4.32. The van der Waals surface area contributed by atoms with Crippen molar-refractivity contribution in [1.29, 1.82) is 0 Å². The molecule has 0 saturated heterocycles. The molecule has 2 aromatic rings. The smallest absolute Gasteiger partial charge is 0.378 e. The molecule has 0 unspecified atom stereocenters. The molecule has 0 aliphatic heterocycles. The molecule has 0 atom stereocenters. The van der Waals surface area contributed by atoms with Crippen LogP contribution in [-0.4, -0.2) is 24.0 Å². The predicted molar refractivity (Wildman–Crippen MR) is 80.6 cm³/mol. The third-order valence-electron chi connectivity index (χ3n) is 2.78. The fourth-order valence-corrected chi connectivity index (χ4v) is 1.69. The van der Waals surface area contributed by atoms with Crippen LogP contribution in [0.2, 0.25) is 0 Å². The number of hydrogen-bond acceptors (Lipinski definition) is 5. The van der Waals surface area contributed by atoms with Gasteiger partial charge in [0.15, 0.2) is 0 Å². The number of benzene rings is 2. The highest BCUT2D eigenvalue weighted by Crippen LogP contribution is 2.22. The molecule has 0 aromatic heterocycles. The minimum Gasteiger partial charge on any atom is -0.507 e. The van der Waals surface area contributed by atoms with E-state index in [9.17, 15) is 14.7 Å². The molecule has 2 aromatic carbocycles. The maximum atomic E-state index is 11.3. The summed E-state index contributed by atoms with van der Waals surface area (Å²) in [6, 6.07) is 15.7. The Morgan fingerprint density at radius 2 is 1.55 bits per heavy atom. The minimum absolute atomic E-state index is 0.318. The molecule has 1 N–H and O–H groups in total. The molecule has 5 heteroatoms. The number of aliphatic hydroxyl groups is 1. The standard InChI is InChI=1S/C17H14O5/c1-21-17(20)16(19)11-15(18)12-7-9-14(10-8-12)22-13-5-3-2-4-6-13/h2-11,18H,1H3. The van der Waals surface area contributed by atoms with E-state index in [1.807, 2.05) is 30.3 Å². The number of esters is 1. The molecule has 0 spiro atoms. The van der Waals surface area contributed by atoms with Gasteiger partial charge in [-0.05, 0) is 36.4 Å². The molecule has 0 saturated carbocycles. The average molecular weight is 298 g/mol. The van der Waals surface area contributed by atoms with E-state index in [0.29, 0.717) is 17.1 Å². The van der Waals surface area contributed by atoms with Crippen molar-refractivity contribution in [1.82, 2.24) is 0 Å². The van der Waals surface area contributed by atoms with Crippen LogP contribution < -0.4 is 4.74 Å². The van der Waals surface area contributed by atoms with Gasteiger partial charge in [0.05, 0.1) is 7.11 Å². The molecule has 0 amide bonds. The zero-order valence-corrected chi connectivity index (χ0v) is 11.9. The van der Waals surface area contributed by atoms with Gasteiger partial charge in [-0.3, -0.25) is 4.79 Å². The normalized spacial score (nSPS) is 10.9. The van der Waals surface area contributed by atoms with E-state index in [0.717, 1.165) is 13.2 Å². The third-order valence-corrected chi connectivity index (χ3v) is 2.78. The number of ketones is 1. The molecule has 112 valence electrons. The van der Waals surface area contributed by atoms with Crippen LogP contribution >= 0.6 is 0 Å². The highest BCUT2D eigenvalue weighted by Gasteiger charge is 2.12. The summed E-state index contributed by atoms with van der Waals surface area (Å²) in [6.07, 6.45) is 0.818. The fraction of sp³-hybridized carbons (Fsp3) is 0.0588. The molecule has 0 fully saturated rings. The van der Waals surface area contributed by atoms with Crippen molar-refractivity contribution in [2.75, 3.05) is 7.11 Å². The maximum absolute atomic E-state index is 11.3. The third kappa shape index (κ3) is 3.96. The molecule has 0 heterocycles. The lowest BCUT2D eigenvalue weighted by molar-refractivity contribution is -0.149. The first-order valence-corrected chi connectivity index (χ1v) is 6.46. The van der Waals surface area contributed by atoms with E-state index in [1.54, 1.807) is 24.3 Å². The van der Waals surface area contributed by atoms with Crippen LogP contribution in [0.5, 0.6) is 11.5 Å². The molecule has 2 rings (SSSR count). The number of ether oxygens (including phenoxy) is 2. The largest absolute Gasteiger partial charge is 0.507 e. The van der Waals surface area contributed by atoms with Gasteiger partial charge < -0.3 is 14.6 Å². The van der Waals surface area contributed by atoms with Crippen molar-refractivity contribution in [2.24, 2.45) is 0 Å². The fourth-order valence-electron chi connectivity index (χ4n) is 1.69. The summed E-state index contributed by atoms with van der Waals surface area (Å²) in [5.41, 5.74) is 0.387. The summed E-state index contributed by atoms with van der Waals surface area (Å²) in [6.45, 7) is 0. The molecule has 0 bridgehead atoms. The molecule has 0 aliphatic carbocycles. The maximum Gasteiger partial charge on any atom is 0.378 e. The Balaban J connectivity index is 2.10. The first-order valence-electron chi connectivity index (χ1n) is 6.46. The van der Waals surface area contributed by atoms with Crippen molar-refractivity contribution in [2.45, 2.75) is 0 Å². The number of hydrogen-bond donors (Lipinski definition) is 1. The predicted octanol–water partition coefficient (Wildman–Crippen LogP) is 3.12. The van der Waals surface area contributed by atoms with Crippen molar-refractivity contribution in [3.05, 3.63) is 66.2 Å². The Morgan fingerprint density at radius 1 is 0.955 bits per heavy atom. The summed E-state index contributed by atoms with van der Waals surface area (Å²) in [5, 5.41) is 9.81. The molecular weight excluding hydrogens is 284 g/mol. The van der Waals surface area contributed by atoms with Gasteiger partial charge in [0.2, 0.25) is 0 Å². The van der Waals surface area contributed by atoms with Crippen molar-refractivity contribution in [3.63, 3.8) is 0 Å². The van der Waals surface area contributed by atoms with Gasteiger partial charge in [0, 0.05) is 11.6 Å². The van der Waals surface area contributed by atoms with E-state index in [4.69, 9.17) is 4.74 Å². The quantitative estimate of drug-likeness (QED) is 0.397. The summed E-state index contributed by atoms with van der Waals surface area (Å²) in [5.74, 6) is -1.00. The topological polar surface area (TPSA) is 72.8 Å². The van der Waals surface area contributed by atoms with E-state index in [2.05, 4.69) is 4.74 Å². The van der Waals surface area contributed by atoms with Crippen LogP contribution in [0.4, 0.5) is 0 Å². The van der Waals surface area contributed by atoms with Crippen molar-refractivity contribution in [3.8, 4) is 11.5 Å². The first kappa shape index (κ1) is 15.3. The Hall–Kier alpha value is -3.08. The van der Waals surface area contributed by atoms with Crippen LogP contribution in [0.3, 0.4) is 0 Å². The first-order chi connectivity index (χ1) is 10.6. The number of methoxy groups -OCH3 is 1. The highest BCUT2D eigenvalue weighted by molar-refractivity contribution is 6.39. The van der Waals surface area contributed by atoms with Gasteiger partial charge in [0.1, 0.15) is 17.3 Å². The van der Waals surface area contributed by atoms with Gasteiger partial charge in [-0.2, -0.15) is 0 Å². The van der Waals surface area contributed by atoms with E-state index in [1.165, 1.54) is 0 Å². The highest BCUT2D eigenvalue weighted by atomic mass is 16.5. The Bertz CT molecular complexity index is 687. The molecular formula is C17H14O5. The van der Waals surface area contributed by atoms with E-state index < -0.39 is 11.8 Å². The summed E-state index contributed by atoms with van der Waals surface area (Å²) >= 11 is 0. The van der Waals surface area contributed by atoms with Crippen LogP contribution in [0.15, 0.2) is 60.7 Å². The zero-order valence-electron chi connectivity index (χ0n) is 11.9. The van der Waals surface area contributed by atoms with Gasteiger partial charge in [-0.15, -0.1) is 0 Å². The lowest BCUT2D eigenvalue weighted by Crippen LogP contribution is -2.13. The molecule has 0 radical (unpaired) electrons. The van der Waals surface area contributed by atoms with Crippen molar-refractivity contribution < 1.29 is 24.2 Å². The second kappa shape index (κ2) is 7.08. The minimum atomic E-state index is -1.03. The van der Waals surface area contributed by atoms with Gasteiger partial charge >= 0.3 is 5.97 Å². The van der Waals surface area contributed by atoms with Crippen LogP contribution in [0.25, 0.3) is 5.76 Å². The van der Waals surface area contributed by atoms with Crippen LogP contribution in [0, 0.1) is 0 Å². The van der Waals surface area contributed by atoms with E-state index in [-0.39, 0.29) is 5.76 Å². The lowest BCUT2D eigenvalue weighted by Gasteiger charge is -2.06. The summed E-state index contributed by atoms with van der Waals surface area (Å²) in [4.78, 5) is 22.3. The van der Waals surface area contributed by atoms with Crippen LogP contribution in [-0.2, 0) is 14.3 Å². The summed E-state index contributed by atoms with van der Waals surface area (Å²) < 4.78 is 9.88. The van der Waals surface area contributed by atoms with Gasteiger partial charge in [-0.1, -0.05) is 18.2 Å². The van der Waals surface area contributed by atoms with Crippen molar-refractivity contribution >= 4 is 17.5 Å². The Labute approximate surface area is 127 Å². The Morgan fingerprint density at radius 3 is 2.14 bits per heavy atom. The number of aliphatic hydroxyl groups excluding tert-OH is 1. The molecule has 5 nitrogen and oxygen atoms in total. The molecule has 0 aliphatic rings.